The lowest BCUT2D eigenvalue weighted by Crippen LogP contribution is -2.39. The third-order valence-corrected chi connectivity index (χ3v) is 5.14. The molecule has 1 amide bonds. The number of carbonyl (C=O) groups is 1. The molecule has 0 aliphatic heterocycles. The maximum Gasteiger partial charge on any atom is 0.269 e. The van der Waals surface area contributed by atoms with E-state index in [4.69, 9.17) is 5.73 Å². The average Bonchev–Trinajstić information content (AvgIpc) is 3.48. The lowest BCUT2D eigenvalue weighted by atomic mass is 9.99. The molecule has 3 N–H and O–H groups in total. The quantitative estimate of drug-likeness (QED) is 0.886. The molecule has 2 aromatic rings. The standard InChI is InChI=1S/C19H22FN3O/c1-11-6-16(18(24)22-10-19(21)4-5-19)23-17-14(9-20)7-13(8-15(11)17)12-2-3-12/h6-8,12H,2-5,9-10,21H2,1H3,(H,22,24). The van der Waals surface area contributed by atoms with E-state index in [1.807, 2.05) is 13.0 Å². The van der Waals surface area contributed by atoms with E-state index >= 15 is 0 Å². The predicted octanol–water partition coefficient (Wildman–Crippen LogP) is 3.11. The highest BCUT2D eigenvalue weighted by Crippen LogP contribution is 2.42. The highest BCUT2D eigenvalue weighted by molar-refractivity contribution is 5.96. The topological polar surface area (TPSA) is 68.0 Å². The fraction of sp³-hybridized carbons (Fsp3) is 0.474. The third-order valence-electron chi connectivity index (χ3n) is 5.14. The van der Waals surface area contributed by atoms with Crippen molar-refractivity contribution in [1.82, 2.24) is 10.3 Å². The monoisotopic (exact) mass is 327 g/mol. The number of amides is 1. The Bertz CT molecular complexity index is 825. The molecule has 5 heteroatoms. The molecule has 1 heterocycles. The van der Waals surface area contributed by atoms with Crippen molar-refractivity contribution in [2.45, 2.75) is 50.7 Å². The van der Waals surface area contributed by atoms with Crippen LogP contribution in [0.3, 0.4) is 0 Å². The van der Waals surface area contributed by atoms with Gasteiger partial charge in [-0.25, -0.2) is 9.37 Å². The number of hydrogen-bond donors (Lipinski definition) is 2. The van der Waals surface area contributed by atoms with E-state index in [1.54, 1.807) is 6.07 Å². The number of benzene rings is 1. The Morgan fingerprint density at radius 1 is 1.38 bits per heavy atom. The van der Waals surface area contributed by atoms with Crippen LogP contribution in [0.15, 0.2) is 18.2 Å². The summed E-state index contributed by atoms with van der Waals surface area (Å²) in [7, 11) is 0. The summed E-state index contributed by atoms with van der Waals surface area (Å²) in [5, 5.41) is 3.80. The number of halogens is 1. The molecule has 1 aromatic heterocycles. The summed E-state index contributed by atoms with van der Waals surface area (Å²) < 4.78 is 13.5. The van der Waals surface area contributed by atoms with Gasteiger partial charge in [0.1, 0.15) is 12.4 Å². The zero-order valence-electron chi connectivity index (χ0n) is 13.9. The number of alkyl halides is 1. The molecule has 0 atom stereocenters. The van der Waals surface area contributed by atoms with E-state index in [1.165, 1.54) is 18.4 Å². The van der Waals surface area contributed by atoms with Crippen LogP contribution < -0.4 is 11.1 Å². The highest BCUT2D eigenvalue weighted by Gasteiger charge is 2.38. The molecular formula is C19H22FN3O. The zero-order valence-corrected chi connectivity index (χ0v) is 13.9. The molecule has 0 radical (unpaired) electrons. The first-order valence-electron chi connectivity index (χ1n) is 8.56. The molecule has 24 heavy (non-hydrogen) atoms. The molecule has 126 valence electrons. The predicted molar refractivity (Wildman–Crippen MR) is 91.8 cm³/mol. The number of carbonyl (C=O) groups excluding carboxylic acids is 1. The molecule has 0 bridgehead atoms. The van der Waals surface area contributed by atoms with Crippen LogP contribution in [0.25, 0.3) is 10.9 Å². The molecule has 0 saturated heterocycles. The van der Waals surface area contributed by atoms with E-state index in [0.717, 1.165) is 23.8 Å². The molecule has 1 aromatic carbocycles. The van der Waals surface area contributed by atoms with Gasteiger partial charge in [0.2, 0.25) is 0 Å². The fourth-order valence-corrected chi connectivity index (χ4v) is 3.14. The maximum atomic E-state index is 13.5. The molecule has 4 rings (SSSR count). The van der Waals surface area contributed by atoms with Crippen molar-refractivity contribution in [2.75, 3.05) is 6.54 Å². The summed E-state index contributed by atoms with van der Waals surface area (Å²) in [6, 6.07) is 5.80. The van der Waals surface area contributed by atoms with E-state index in [-0.39, 0.29) is 11.4 Å². The number of hydrogen-bond acceptors (Lipinski definition) is 3. The number of fused-ring (bicyclic) bond motifs is 1. The van der Waals surface area contributed by atoms with E-state index in [2.05, 4.69) is 16.4 Å². The lowest BCUT2D eigenvalue weighted by Gasteiger charge is -2.13. The number of aryl methyl sites for hydroxylation is 1. The molecule has 2 fully saturated rings. The highest BCUT2D eigenvalue weighted by atomic mass is 19.1. The van der Waals surface area contributed by atoms with Crippen molar-refractivity contribution in [3.63, 3.8) is 0 Å². The van der Waals surface area contributed by atoms with Crippen LogP contribution in [0.5, 0.6) is 0 Å². The second-order valence-corrected chi connectivity index (χ2v) is 7.35. The van der Waals surface area contributed by atoms with Crippen LogP contribution in [0.2, 0.25) is 0 Å². The van der Waals surface area contributed by atoms with E-state index in [9.17, 15) is 9.18 Å². The molecule has 0 spiro atoms. The molecule has 0 unspecified atom stereocenters. The Labute approximate surface area is 140 Å². The van der Waals surface area contributed by atoms with Crippen LogP contribution in [0, 0.1) is 6.92 Å². The van der Waals surface area contributed by atoms with Gasteiger partial charge in [-0.3, -0.25) is 4.79 Å². The van der Waals surface area contributed by atoms with Gasteiger partial charge in [-0.2, -0.15) is 0 Å². The second kappa shape index (κ2) is 5.52. The molecule has 2 saturated carbocycles. The van der Waals surface area contributed by atoms with Crippen LogP contribution in [0.1, 0.15) is 58.8 Å². The minimum absolute atomic E-state index is 0.243. The summed E-state index contributed by atoms with van der Waals surface area (Å²) >= 11 is 0. The summed E-state index contributed by atoms with van der Waals surface area (Å²) in [6.45, 7) is 1.84. The second-order valence-electron chi connectivity index (χ2n) is 7.35. The minimum Gasteiger partial charge on any atom is -0.349 e. The Balaban J connectivity index is 1.70. The first-order valence-corrected chi connectivity index (χ1v) is 8.56. The van der Waals surface area contributed by atoms with Gasteiger partial charge in [0.15, 0.2) is 0 Å². The lowest BCUT2D eigenvalue weighted by molar-refractivity contribution is 0.0945. The zero-order chi connectivity index (χ0) is 16.9. The molecule has 4 nitrogen and oxygen atoms in total. The van der Waals surface area contributed by atoms with Crippen LogP contribution in [0.4, 0.5) is 4.39 Å². The van der Waals surface area contributed by atoms with Gasteiger partial charge >= 0.3 is 0 Å². The SMILES string of the molecule is Cc1cc(C(=O)NCC2(N)CC2)nc2c(CF)cc(C3CC3)cc12. The van der Waals surface area contributed by atoms with Crippen LogP contribution >= 0.6 is 0 Å². The van der Waals surface area contributed by atoms with Gasteiger partial charge in [0.05, 0.1) is 5.52 Å². The fourth-order valence-electron chi connectivity index (χ4n) is 3.14. The number of nitrogens with two attached hydrogens (primary N) is 1. The molecule has 2 aliphatic rings. The van der Waals surface area contributed by atoms with Gasteiger partial charge in [-0.15, -0.1) is 0 Å². The number of nitrogens with one attached hydrogen (secondary N) is 1. The third kappa shape index (κ3) is 2.88. The first kappa shape index (κ1) is 15.5. The Morgan fingerprint density at radius 2 is 2.12 bits per heavy atom. The van der Waals surface area contributed by atoms with Crippen molar-refractivity contribution < 1.29 is 9.18 Å². The largest absolute Gasteiger partial charge is 0.349 e. The average molecular weight is 327 g/mol. The summed E-state index contributed by atoms with van der Waals surface area (Å²) in [6.07, 6.45) is 4.22. The Morgan fingerprint density at radius 3 is 2.75 bits per heavy atom. The van der Waals surface area contributed by atoms with Crippen LogP contribution in [-0.2, 0) is 6.67 Å². The van der Waals surface area contributed by atoms with Crippen molar-refractivity contribution in [3.05, 3.63) is 40.6 Å². The van der Waals surface area contributed by atoms with Gasteiger partial charge < -0.3 is 11.1 Å². The minimum atomic E-state index is -0.569. The molecular weight excluding hydrogens is 305 g/mol. The number of nitrogens with zero attached hydrogens (tertiary/aromatic N) is 1. The van der Waals surface area contributed by atoms with E-state index < -0.39 is 6.67 Å². The van der Waals surface area contributed by atoms with Gasteiger partial charge in [0, 0.05) is 23.0 Å². The van der Waals surface area contributed by atoms with E-state index in [0.29, 0.717) is 29.2 Å². The van der Waals surface area contributed by atoms with Crippen molar-refractivity contribution in [2.24, 2.45) is 5.73 Å². The van der Waals surface area contributed by atoms with Crippen LogP contribution in [-0.4, -0.2) is 23.0 Å². The summed E-state index contributed by atoms with van der Waals surface area (Å²) in [5.74, 6) is 0.314. The normalized spacial score (nSPS) is 18.6. The number of rotatable bonds is 5. The van der Waals surface area contributed by atoms with Gasteiger partial charge in [0.25, 0.3) is 5.91 Å². The summed E-state index contributed by atoms with van der Waals surface area (Å²) in [5.41, 5.74) is 9.41. The first-order chi connectivity index (χ1) is 11.5. The van der Waals surface area contributed by atoms with Crippen molar-refractivity contribution >= 4 is 16.8 Å². The van der Waals surface area contributed by atoms with Crippen molar-refractivity contribution in [1.29, 1.82) is 0 Å². The van der Waals surface area contributed by atoms with Gasteiger partial charge in [-0.1, -0.05) is 6.07 Å². The van der Waals surface area contributed by atoms with Crippen molar-refractivity contribution in [3.8, 4) is 0 Å². The maximum absolute atomic E-state index is 13.5. The summed E-state index contributed by atoms with van der Waals surface area (Å²) in [4.78, 5) is 16.8. The number of pyridine rings is 1. The smallest absolute Gasteiger partial charge is 0.269 e. The Hall–Kier alpha value is -2.01. The van der Waals surface area contributed by atoms with Gasteiger partial charge in [-0.05, 0) is 61.8 Å². The molecule has 2 aliphatic carbocycles. The number of aromatic nitrogens is 1. The Kier molecular flexibility index (Phi) is 3.57.